The van der Waals surface area contributed by atoms with Crippen LogP contribution < -0.4 is 10.6 Å². The lowest BCUT2D eigenvalue weighted by molar-refractivity contribution is -0.119. The Morgan fingerprint density at radius 1 is 0.885 bits per heavy atom. The monoisotopic (exact) mass is 413 g/mol. The summed E-state index contributed by atoms with van der Waals surface area (Å²) in [5.74, 6) is -0.546. The van der Waals surface area contributed by atoms with Gasteiger partial charge < -0.3 is 10.6 Å². The highest BCUT2D eigenvalue weighted by molar-refractivity contribution is 6.35. The van der Waals surface area contributed by atoms with Gasteiger partial charge in [0.05, 0.1) is 34.5 Å². The molecule has 0 atom stereocenters. The Balaban J connectivity index is 1.91. The number of nitrogens with one attached hydrogen (secondary N) is 2. The summed E-state index contributed by atoms with van der Waals surface area (Å²) in [4.78, 5) is 26.1. The van der Waals surface area contributed by atoms with Crippen LogP contribution in [0.3, 0.4) is 0 Å². The number of halogens is 3. The summed E-state index contributed by atoms with van der Waals surface area (Å²) in [6.07, 6.45) is 0. The number of para-hydroxylation sites is 1. The normalized spacial score (nSPS) is 10.7. The molecule has 2 aromatic rings. The second kappa shape index (κ2) is 9.78. The number of carbonyl (C=O) groups is 2. The Kier molecular flexibility index (Phi) is 7.72. The number of hydrogen-bond acceptors (Lipinski definition) is 3. The molecular formula is C18H18Cl3N3O2. The molecule has 0 bridgehead atoms. The van der Waals surface area contributed by atoms with E-state index < -0.39 is 0 Å². The van der Waals surface area contributed by atoms with Gasteiger partial charge in [0.1, 0.15) is 0 Å². The Morgan fingerprint density at radius 2 is 1.46 bits per heavy atom. The summed E-state index contributed by atoms with van der Waals surface area (Å²) in [5.41, 5.74) is 0.964. The summed E-state index contributed by atoms with van der Waals surface area (Å²) in [5, 5.41) is 6.75. The summed E-state index contributed by atoms with van der Waals surface area (Å²) in [6, 6.07) is 11.8. The molecule has 26 heavy (non-hydrogen) atoms. The van der Waals surface area contributed by atoms with Gasteiger partial charge in [-0.3, -0.25) is 14.5 Å². The van der Waals surface area contributed by atoms with E-state index in [0.29, 0.717) is 33.0 Å². The minimum Gasteiger partial charge on any atom is -0.324 e. The van der Waals surface area contributed by atoms with Crippen molar-refractivity contribution in [3.63, 3.8) is 0 Å². The fourth-order valence-electron chi connectivity index (χ4n) is 2.22. The molecule has 2 rings (SSSR count). The van der Waals surface area contributed by atoms with Crippen LogP contribution in [0.15, 0.2) is 42.5 Å². The van der Waals surface area contributed by atoms with E-state index in [4.69, 9.17) is 34.8 Å². The average Bonchev–Trinajstić information content (AvgIpc) is 2.59. The van der Waals surface area contributed by atoms with Crippen LogP contribution in [-0.2, 0) is 9.59 Å². The summed E-state index contributed by atoms with van der Waals surface area (Å²) >= 11 is 18.0. The molecule has 0 radical (unpaired) electrons. The third kappa shape index (κ3) is 6.18. The van der Waals surface area contributed by atoms with E-state index in [0.717, 1.165) is 0 Å². The molecule has 0 fully saturated rings. The van der Waals surface area contributed by atoms with Crippen molar-refractivity contribution in [1.82, 2.24) is 4.90 Å². The molecule has 138 valence electrons. The molecular weight excluding hydrogens is 397 g/mol. The number of nitrogens with zero attached hydrogens (tertiary/aromatic N) is 1. The first-order valence-corrected chi connectivity index (χ1v) is 9.04. The zero-order chi connectivity index (χ0) is 19.1. The van der Waals surface area contributed by atoms with Crippen molar-refractivity contribution in [2.45, 2.75) is 6.92 Å². The number of likely N-dealkylation sites (N-methyl/N-ethyl adjacent to an activating group) is 1. The van der Waals surface area contributed by atoms with E-state index in [1.165, 1.54) is 0 Å². The van der Waals surface area contributed by atoms with Crippen LogP contribution in [0, 0.1) is 0 Å². The van der Waals surface area contributed by atoms with E-state index in [1.54, 1.807) is 47.4 Å². The molecule has 0 spiro atoms. The van der Waals surface area contributed by atoms with E-state index in [9.17, 15) is 9.59 Å². The molecule has 0 heterocycles. The number of rotatable bonds is 7. The van der Waals surface area contributed by atoms with Gasteiger partial charge in [-0.1, -0.05) is 53.9 Å². The Labute approximate surface area is 167 Å². The van der Waals surface area contributed by atoms with Crippen molar-refractivity contribution >= 4 is 58.0 Å². The molecule has 2 aromatic carbocycles. The van der Waals surface area contributed by atoms with Crippen molar-refractivity contribution in [2.24, 2.45) is 0 Å². The van der Waals surface area contributed by atoms with Gasteiger partial charge in [0, 0.05) is 5.02 Å². The first kappa shape index (κ1) is 20.5. The van der Waals surface area contributed by atoms with Gasteiger partial charge in [0.25, 0.3) is 0 Å². The number of benzene rings is 2. The maximum absolute atomic E-state index is 12.2. The molecule has 0 saturated heterocycles. The van der Waals surface area contributed by atoms with Crippen LogP contribution in [0.4, 0.5) is 11.4 Å². The molecule has 0 aliphatic rings. The van der Waals surface area contributed by atoms with Crippen molar-refractivity contribution in [3.05, 3.63) is 57.5 Å². The highest BCUT2D eigenvalue weighted by Crippen LogP contribution is 2.25. The maximum Gasteiger partial charge on any atom is 0.238 e. The molecule has 0 saturated carbocycles. The molecule has 5 nitrogen and oxygen atoms in total. The van der Waals surface area contributed by atoms with Gasteiger partial charge in [0.2, 0.25) is 11.8 Å². The first-order valence-electron chi connectivity index (χ1n) is 7.90. The predicted molar refractivity (Wildman–Crippen MR) is 107 cm³/mol. The van der Waals surface area contributed by atoms with Crippen LogP contribution in [0.1, 0.15) is 6.92 Å². The third-order valence-corrected chi connectivity index (χ3v) is 4.43. The number of anilines is 2. The topological polar surface area (TPSA) is 61.4 Å². The third-order valence-electron chi connectivity index (χ3n) is 3.53. The smallest absolute Gasteiger partial charge is 0.238 e. The maximum atomic E-state index is 12.2. The van der Waals surface area contributed by atoms with Gasteiger partial charge in [-0.15, -0.1) is 0 Å². The second-order valence-corrected chi connectivity index (χ2v) is 6.75. The summed E-state index contributed by atoms with van der Waals surface area (Å²) in [6.45, 7) is 2.47. The quantitative estimate of drug-likeness (QED) is 0.699. The molecule has 2 amide bonds. The lowest BCUT2D eigenvalue weighted by Crippen LogP contribution is -2.38. The molecule has 0 aliphatic heterocycles. The standard InChI is InChI=1S/C18H18Cl3N3O2/c1-2-24(10-17(25)22-15-6-4-3-5-13(15)20)11-18(26)23-16-9-12(19)7-8-14(16)21/h3-9H,2,10-11H2,1H3,(H,22,25)(H,23,26). The number of hydrogen-bond donors (Lipinski definition) is 2. The molecule has 0 aliphatic carbocycles. The van der Waals surface area contributed by atoms with E-state index in [2.05, 4.69) is 10.6 Å². The first-order chi connectivity index (χ1) is 12.4. The van der Waals surface area contributed by atoms with E-state index in [-0.39, 0.29) is 24.9 Å². The SMILES string of the molecule is CCN(CC(=O)Nc1ccccc1Cl)CC(=O)Nc1cc(Cl)ccc1Cl. The zero-order valence-electron chi connectivity index (χ0n) is 14.1. The van der Waals surface area contributed by atoms with E-state index in [1.807, 2.05) is 6.92 Å². The van der Waals surface area contributed by atoms with Crippen molar-refractivity contribution in [2.75, 3.05) is 30.3 Å². The van der Waals surface area contributed by atoms with Gasteiger partial charge in [0.15, 0.2) is 0 Å². The summed E-state index contributed by atoms with van der Waals surface area (Å²) in [7, 11) is 0. The van der Waals surface area contributed by atoms with Gasteiger partial charge in [-0.2, -0.15) is 0 Å². The largest absolute Gasteiger partial charge is 0.324 e. The van der Waals surface area contributed by atoms with Gasteiger partial charge in [-0.25, -0.2) is 0 Å². The van der Waals surface area contributed by atoms with Gasteiger partial charge >= 0.3 is 0 Å². The van der Waals surface area contributed by atoms with E-state index >= 15 is 0 Å². The number of amides is 2. The molecule has 0 unspecified atom stereocenters. The van der Waals surface area contributed by atoms with Crippen molar-refractivity contribution in [3.8, 4) is 0 Å². The van der Waals surface area contributed by atoms with Crippen LogP contribution in [-0.4, -0.2) is 36.3 Å². The molecule has 8 heteroatoms. The lowest BCUT2D eigenvalue weighted by Gasteiger charge is -2.19. The Morgan fingerprint density at radius 3 is 2.08 bits per heavy atom. The number of carbonyl (C=O) groups excluding carboxylic acids is 2. The van der Waals surface area contributed by atoms with Crippen LogP contribution >= 0.6 is 34.8 Å². The van der Waals surface area contributed by atoms with Crippen LogP contribution in [0.2, 0.25) is 15.1 Å². The van der Waals surface area contributed by atoms with Crippen molar-refractivity contribution < 1.29 is 9.59 Å². The zero-order valence-corrected chi connectivity index (χ0v) is 16.3. The van der Waals surface area contributed by atoms with Crippen LogP contribution in [0.25, 0.3) is 0 Å². The predicted octanol–water partition coefficient (Wildman–Crippen LogP) is 4.55. The molecule has 2 N–H and O–H groups in total. The second-order valence-electron chi connectivity index (χ2n) is 5.50. The molecule has 0 aromatic heterocycles. The lowest BCUT2D eigenvalue weighted by atomic mass is 10.3. The minimum atomic E-state index is -0.290. The van der Waals surface area contributed by atoms with Crippen LogP contribution in [0.5, 0.6) is 0 Å². The minimum absolute atomic E-state index is 0.0370. The highest BCUT2D eigenvalue weighted by atomic mass is 35.5. The highest BCUT2D eigenvalue weighted by Gasteiger charge is 2.15. The fourth-order valence-corrected chi connectivity index (χ4v) is 2.74. The average molecular weight is 415 g/mol. The summed E-state index contributed by atoms with van der Waals surface area (Å²) < 4.78 is 0. The van der Waals surface area contributed by atoms with Crippen molar-refractivity contribution in [1.29, 1.82) is 0 Å². The Bertz CT molecular complexity index is 799. The van der Waals surface area contributed by atoms with Gasteiger partial charge in [-0.05, 0) is 36.9 Å². The Hall–Kier alpha value is -1.79. The fraction of sp³-hybridized carbons (Fsp3) is 0.222.